The Morgan fingerprint density at radius 2 is 1.59 bits per heavy atom. The minimum absolute atomic E-state index is 0.419. The van der Waals surface area contributed by atoms with Crippen LogP contribution in [0, 0.1) is 17.8 Å². The Balaban J connectivity index is 1.74. The van der Waals surface area contributed by atoms with Crippen molar-refractivity contribution in [1.82, 2.24) is 4.98 Å². The summed E-state index contributed by atoms with van der Waals surface area (Å²) < 4.78 is 0. The largest absolute Gasteiger partial charge is 0.397 e. The van der Waals surface area contributed by atoms with E-state index in [0.717, 1.165) is 23.4 Å². The molecule has 2 nitrogen and oxygen atoms in total. The molecule has 2 N–H and O–H groups in total. The molecule has 0 amide bonds. The monoisotopic (exact) mass is 228 g/mol. The van der Waals surface area contributed by atoms with Crippen LogP contribution in [0.25, 0.3) is 0 Å². The van der Waals surface area contributed by atoms with Crippen LogP contribution in [0.3, 0.4) is 0 Å². The second-order valence-electron chi connectivity index (χ2n) is 6.67. The molecule has 0 radical (unpaired) electrons. The van der Waals surface area contributed by atoms with E-state index in [1.165, 1.54) is 44.2 Å². The van der Waals surface area contributed by atoms with Gasteiger partial charge in [0.1, 0.15) is 0 Å². The molecule has 0 aromatic carbocycles. The van der Waals surface area contributed by atoms with E-state index in [9.17, 15) is 0 Å². The van der Waals surface area contributed by atoms with Gasteiger partial charge in [-0.3, -0.25) is 4.98 Å². The Morgan fingerprint density at radius 3 is 2.06 bits per heavy atom. The van der Waals surface area contributed by atoms with Gasteiger partial charge in [-0.25, -0.2) is 0 Å². The first-order valence-electron chi connectivity index (χ1n) is 6.95. The highest BCUT2D eigenvalue weighted by molar-refractivity contribution is 5.37. The first kappa shape index (κ1) is 9.93. The van der Waals surface area contributed by atoms with Gasteiger partial charge in [0, 0.05) is 11.1 Å². The fourth-order valence-electron chi connectivity index (χ4n) is 5.14. The molecule has 4 bridgehead atoms. The van der Waals surface area contributed by atoms with E-state index in [1.54, 1.807) is 0 Å². The van der Waals surface area contributed by atoms with Crippen molar-refractivity contribution in [3.63, 3.8) is 0 Å². The molecule has 0 saturated heterocycles. The van der Waals surface area contributed by atoms with Crippen LogP contribution in [0.15, 0.2) is 18.3 Å². The summed E-state index contributed by atoms with van der Waals surface area (Å²) in [7, 11) is 0. The molecule has 1 heterocycles. The first-order chi connectivity index (χ1) is 8.23. The summed E-state index contributed by atoms with van der Waals surface area (Å²) >= 11 is 0. The predicted molar refractivity (Wildman–Crippen MR) is 68.5 cm³/mol. The number of nitrogen functional groups attached to an aromatic ring is 1. The standard InChI is InChI=1S/C15H20N2/c16-13-1-2-14(17-9-13)15-6-10-3-11(7-15)5-12(4-10)8-15/h1-2,9-12H,3-8,16H2. The third-order valence-corrected chi connectivity index (χ3v) is 5.37. The van der Waals surface area contributed by atoms with Crippen LogP contribution in [0.4, 0.5) is 5.69 Å². The lowest BCUT2D eigenvalue weighted by molar-refractivity contribution is -0.00718. The molecule has 4 saturated carbocycles. The molecule has 4 aliphatic carbocycles. The van der Waals surface area contributed by atoms with E-state index in [0.29, 0.717) is 5.41 Å². The Labute approximate surface area is 103 Å². The van der Waals surface area contributed by atoms with Crippen LogP contribution >= 0.6 is 0 Å². The Bertz CT molecular complexity index is 399. The van der Waals surface area contributed by atoms with Crippen LogP contribution in [-0.2, 0) is 5.41 Å². The van der Waals surface area contributed by atoms with Gasteiger partial charge in [-0.15, -0.1) is 0 Å². The molecule has 90 valence electrons. The average Bonchev–Trinajstić information content (AvgIpc) is 2.27. The third kappa shape index (κ3) is 1.42. The first-order valence-corrected chi connectivity index (χ1v) is 6.95. The summed E-state index contributed by atoms with van der Waals surface area (Å²) in [5.41, 5.74) is 8.29. The molecular formula is C15H20N2. The van der Waals surface area contributed by atoms with E-state index in [1.807, 2.05) is 12.3 Å². The summed E-state index contributed by atoms with van der Waals surface area (Å²) in [5, 5.41) is 0. The number of hydrogen-bond acceptors (Lipinski definition) is 2. The maximum absolute atomic E-state index is 5.76. The van der Waals surface area contributed by atoms with Gasteiger partial charge in [0.2, 0.25) is 0 Å². The predicted octanol–water partition coefficient (Wildman–Crippen LogP) is 3.13. The zero-order chi connectivity index (χ0) is 11.5. The molecule has 4 aliphatic rings. The SMILES string of the molecule is Nc1ccc(C23CC4CC(CC(C4)C2)C3)nc1. The summed E-state index contributed by atoms with van der Waals surface area (Å²) in [5.74, 6) is 2.96. The minimum Gasteiger partial charge on any atom is -0.397 e. The van der Waals surface area contributed by atoms with E-state index in [2.05, 4.69) is 11.1 Å². The van der Waals surface area contributed by atoms with Gasteiger partial charge < -0.3 is 5.73 Å². The van der Waals surface area contributed by atoms with Gasteiger partial charge >= 0.3 is 0 Å². The lowest BCUT2D eigenvalue weighted by atomic mass is 9.49. The molecule has 17 heavy (non-hydrogen) atoms. The highest BCUT2D eigenvalue weighted by Gasteiger charge is 2.52. The van der Waals surface area contributed by atoms with Crippen molar-refractivity contribution in [3.8, 4) is 0 Å². The zero-order valence-electron chi connectivity index (χ0n) is 10.2. The number of aromatic nitrogens is 1. The van der Waals surface area contributed by atoms with Gasteiger partial charge in [0.05, 0.1) is 11.9 Å². The summed E-state index contributed by atoms with van der Waals surface area (Å²) in [6.45, 7) is 0. The smallest absolute Gasteiger partial charge is 0.0501 e. The van der Waals surface area contributed by atoms with Crippen LogP contribution in [0.1, 0.15) is 44.2 Å². The Hall–Kier alpha value is -1.05. The maximum Gasteiger partial charge on any atom is 0.0501 e. The van der Waals surface area contributed by atoms with Crippen molar-refractivity contribution in [2.24, 2.45) is 17.8 Å². The minimum atomic E-state index is 0.419. The molecule has 0 atom stereocenters. The lowest BCUT2D eigenvalue weighted by Gasteiger charge is -2.56. The number of anilines is 1. The highest BCUT2D eigenvalue weighted by atomic mass is 14.8. The van der Waals surface area contributed by atoms with Crippen molar-refractivity contribution in [2.45, 2.75) is 43.9 Å². The normalized spacial score (nSPS) is 42.9. The van der Waals surface area contributed by atoms with Gasteiger partial charge in [-0.05, 0) is 68.4 Å². The van der Waals surface area contributed by atoms with Gasteiger partial charge in [-0.2, -0.15) is 0 Å². The fourth-order valence-corrected chi connectivity index (χ4v) is 5.14. The summed E-state index contributed by atoms with van der Waals surface area (Å²) in [4.78, 5) is 4.64. The molecule has 0 unspecified atom stereocenters. The molecule has 1 aromatic heterocycles. The van der Waals surface area contributed by atoms with Crippen LogP contribution in [-0.4, -0.2) is 4.98 Å². The van der Waals surface area contributed by atoms with Gasteiger partial charge in [0.25, 0.3) is 0 Å². The quantitative estimate of drug-likeness (QED) is 0.802. The summed E-state index contributed by atoms with van der Waals surface area (Å²) in [6, 6.07) is 4.21. The number of pyridine rings is 1. The lowest BCUT2D eigenvalue weighted by Crippen LogP contribution is -2.48. The number of nitrogens with two attached hydrogens (primary N) is 1. The van der Waals surface area contributed by atoms with E-state index in [-0.39, 0.29) is 0 Å². The van der Waals surface area contributed by atoms with Crippen molar-refractivity contribution < 1.29 is 0 Å². The fraction of sp³-hybridized carbons (Fsp3) is 0.667. The third-order valence-electron chi connectivity index (χ3n) is 5.37. The molecule has 1 aromatic rings. The maximum atomic E-state index is 5.76. The van der Waals surface area contributed by atoms with Crippen molar-refractivity contribution in [3.05, 3.63) is 24.0 Å². The molecule has 0 spiro atoms. The van der Waals surface area contributed by atoms with E-state index < -0.39 is 0 Å². The molecule has 0 aliphatic heterocycles. The topological polar surface area (TPSA) is 38.9 Å². The van der Waals surface area contributed by atoms with E-state index in [4.69, 9.17) is 5.73 Å². The molecule has 2 heteroatoms. The number of rotatable bonds is 1. The van der Waals surface area contributed by atoms with E-state index >= 15 is 0 Å². The molecule has 4 fully saturated rings. The van der Waals surface area contributed by atoms with Crippen molar-refractivity contribution in [1.29, 1.82) is 0 Å². The number of hydrogen-bond donors (Lipinski definition) is 1. The van der Waals surface area contributed by atoms with Crippen LogP contribution in [0.2, 0.25) is 0 Å². The second kappa shape index (κ2) is 3.24. The van der Waals surface area contributed by atoms with Crippen LogP contribution in [0.5, 0.6) is 0 Å². The molecule has 5 rings (SSSR count). The molecular weight excluding hydrogens is 208 g/mol. The summed E-state index contributed by atoms with van der Waals surface area (Å²) in [6.07, 6.45) is 10.5. The van der Waals surface area contributed by atoms with Gasteiger partial charge in [-0.1, -0.05) is 0 Å². The Kier molecular flexibility index (Phi) is 1.89. The second-order valence-corrected chi connectivity index (χ2v) is 6.67. The average molecular weight is 228 g/mol. The van der Waals surface area contributed by atoms with Crippen molar-refractivity contribution in [2.75, 3.05) is 5.73 Å². The Morgan fingerprint density at radius 1 is 1.00 bits per heavy atom. The number of nitrogens with zero attached hydrogens (tertiary/aromatic N) is 1. The zero-order valence-corrected chi connectivity index (χ0v) is 10.2. The van der Waals surface area contributed by atoms with Crippen molar-refractivity contribution >= 4 is 5.69 Å². The van der Waals surface area contributed by atoms with Crippen LogP contribution < -0.4 is 5.73 Å². The highest BCUT2D eigenvalue weighted by Crippen LogP contribution is 2.60. The van der Waals surface area contributed by atoms with Gasteiger partial charge in [0.15, 0.2) is 0 Å².